The predicted octanol–water partition coefficient (Wildman–Crippen LogP) is 6.11. The Labute approximate surface area is 156 Å². The number of hydrogen-bond acceptors (Lipinski definition) is 1. The topological polar surface area (TPSA) is 20.2 Å². The van der Waals surface area contributed by atoms with E-state index in [1.807, 2.05) is 30.3 Å². The summed E-state index contributed by atoms with van der Waals surface area (Å²) in [6.07, 6.45) is 13.4. The van der Waals surface area contributed by atoms with Crippen molar-refractivity contribution in [1.29, 1.82) is 0 Å². The Balaban J connectivity index is 2.18. The summed E-state index contributed by atoms with van der Waals surface area (Å²) < 4.78 is 0.882. The van der Waals surface area contributed by atoms with E-state index < -0.39 is 0 Å². The first-order chi connectivity index (χ1) is 12.0. The average molecular weight is 349 g/mol. The zero-order valence-electron chi connectivity index (χ0n) is 17.2. The molecule has 25 heavy (non-hydrogen) atoms. The van der Waals surface area contributed by atoms with E-state index in [0.29, 0.717) is 0 Å². The highest BCUT2D eigenvalue weighted by Crippen LogP contribution is 2.24. The maximum absolute atomic E-state index is 10.7. The number of aliphatic hydroxyl groups is 1. The van der Waals surface area contributed by atoms with Gasteiger partial charge in [0.1, 0.15) is 12.1 Å². The standard InChI is InChI=1S/C23H42NO/c1-5-6-7-8-9-10-11-12-13-17-20-24(3,4)21(2)23(25)22-18-15-14-16-19-22/h14-16,18-19,21,23,25H,5-13,17,20H2,1-4H3/q+1/t21-,23+/m1/s1. The fraction of sp³-hybridized carbons (Fsp3) is 0.739. The second-order valence-corrected chi connectivity index (χ2v) is 8.28. The summed E-state index contributed by atoms with van der Waals surface area (Å²) in [6.45, 7) is 5.59. The highest BCUT2D eigenvalue weighted by molar-refractivity contribution is 5.18. The maximum atomic E-state index is 10.7. The van der Waals surface area contributed by atoms with Crippen LogP contribution < -0.4 is 0 Å². The first-order valence-corrected chi connectivity index (χ1v) is 10.5. The number of likely N-dealkylation sites (N-methyl/N-ethyl adjacent to an activating group) is 1. The summed E-state index contributed by atoms with van der Waals surface area (Å²) in [5, 5.41) is 10.7. The molecule has 0 aliphatic heterocycles. The minimum Gasteiger partial charge on any atom is -0.382 e. The SMILES string of the molecule is CCCCCCCCCCCC[N+](C)(C)[C@H](C)[C@H](O)c1ccccc1. The lowest BCUT2D eigenvalue weighted by Gasteiger charge is -2.38. The van der Waals surface area contributed by atoms with Crippen molar-refractivity contribution < 1.29 is 9.59 Å². The summed E-state index contributed by atoms with van der Waals surface area (Å²) in [4.78, 5) is 0. The number of quaternary nitrogens is 1. The summed E-state index contributed by atoms with van der Waals surface area (Å²) in [7, 11) is 4.51. The Kier molecular flexibility index (Phi) is 11.1. The molecule has 0 saturated heterocycles. The van der Waals surface area contributed by atoms with Gasteiger partial charge in [-0.2, -0.15) is 0 Å². The molecule has 0 bridgehead atoms. The van der Waals surface area contributed by atoms with Gasteiger partial charge >= 0.3 is 0 Å². The molecule has 0 unspecified atom stereocenters. The van der Waals surface area contributed by atoms with Gasteiger partial charge in [0.05, 0.1) is 20.6 Å². The van der Waals surface area contributed by atoms with Crippen molar-refractivity contribution in [2.75, 3.05) is 20.6 Å². The zero-order chi connectivity index (χ0) is 18.5. The number of benzene rings is 1. The Bertz CT molecular complexity index is 429. The molecule has 0 fully saturated rings. The van der Waals surface area contributed by atoms with Gasteiger partial charge in [0.25, 0.3) is 0 Å². The lowest BCUT2D eigenvalue weighted by molar-refractivity contribution is -0.917. The fourth-order valence-electron chi connectivity index (χ4n) is 3.52. The van der Waals surface area contributed by atoms with Crippen LogP contribution in [0.1, 0.15) is 89.7 Å². The summed E-state index contributed by atoms with van der Waals surface area (Å²) in [5.74, 6) is 0. The molecule has 0 amide bonds. The van der Waals surface area contributed by atoms with Gasteiger partial charge in [0.15, 0.2) is 0 Å². The van der Waals surface area contributed by atoms with Crippen molar-refractivity contribution in [1.82, 2.24) is 0 Å². The quantitative estimate of drug-likeness (QED) is 0.318. The normalized spacial score (nSPS) is 14.4. The third-order valence-electron chi connectivity index (χ3n) is 5.79. The minimum absolute atomic E-state index is 0.209. The highest BCUT2D eigenvalue weighted by Gasteiger charge is 2.30. The molecule has 0 radical (unpaired) electrons. The van der Waals surface area contributed by atoms with Crippen molar-refractivity contribution in [3.8, 4) is 0 Å². The Hall–Kier alpha value is -0.860. The van der Waals surface area contributed by atoms with Gasteiger partial charge < -0.3 is 9.59 Å². The van der Waals surface area contributed by atoms with Crippen molar-refractivity contribution in [2.45, 2.75) is 90.2 Å². The van der Waals surface area contributed by atoms with Crippen LogP contribution in [0, 0.1) is 0 Å². The van der Waals surface area contributed by atoms with Gasteiger partial charge in [0, 0.05) is 0 Å². The van der Waals surface area contributed by atoms with Crippen LogP contribution in [0.2, 0.25) is 0 Å². The molecule has 2 nitrogen and oxygen atoms in total. The lowest BCUT2D eigenvalue weighted by atomic mass is 10.0. The van der Waals surface area contributed by atoms with Crippen molar-refractivity contribution in [3.05, 3.63) is 35.9 Å². The maximum Gasteiger partial charge on any atom is 0.130 e. The molecule has 0 heterocycles. The molecule has 0 aromatic heterocycles. The molecule has 0 aliphatic rings. The van der Waals surface area contributed by atoms with Crippen molar-refractivity contribution in [3.63, 3.8) is 0 Å². The van der Waals surface area contributed by atoms with Crippen LogP contribution in [0.5, 0.6) is 0 Å². The van der Waals surface area contributed by atoms with E-state index in [-0.39, 0.29) is 12.1 Å². The van der Waals surface area contributed by atoms with Crippen LogP contribution in [0.4, 0.5) is 0 Å². The predicted molar refractivity (Wildman–Crippen MR) is 110 cm³/mol. The van der Waals surface area contributed by atoms with E-state index in [1.165, 1.54) is 64.2 Å². The number of rotatable bonds is 14. The molecular formula is C23H42NO+. The largest absolute Gasteiger partial charge is 0.382 e. The zero-order valence-corrected chi connectivity index (χ0v) is 17.2. The van der Waals surface area contributed by atoms with Gasteiger partial charge in [-0.1, -0.05) is 88.6 Å². The molecule has 144 valence electrons. The monoisotopic (exact) mass is 348 g/mol. The summed E-state index contributed by atoms with van der Waals surface area (Å²) >= 11 is 0. The van der Waals surface area contributed by atoms with Crippen LogP contribution in [0.15, 0.2) is 30.3 Å². The van der Waals surface area contributed by atoms with Crippen molar-refractivity contribution >= 4 is 0 Å². The number of hydrogen-bond donors (Lipinski definition) is 1. The van der Waals surface area contributed by atoms with Gasteiger partial charge in [-0.25, -0.2) is 0 Å². The molecule has 2 heteroatoms. The second-order valence-electron chi connectivity index (χ2n) is 8.28. The molecular weight excluding hydrogens is 306 g/mol. The molecule has 0 aliphatic carbocycles. The van der Waals surface area contributed by atoms with Gasteiger partial charge in [-0.15, -0.1) is 0 Å². The summed E-state index contributed by atoms with van der Waals surface area (Å²) in [5.41, 5.74) is 1.03. The van der Waals surface area contributed by atoms with Crippen molar-refractivity contribution in [2.24, 2.45) is 0 Å². The first-order valence-electron chi connectivity index (χ1n) is 10.5. The summed E-state index contributed by atoms with van der Waals surface area (Å²) in [6, 6.07) is 10.3. The Morgan fingerprint density at radius 1 is 0.800 bits per heavy atom. The highest BCUT2D eigenvalue weighted by atomic mass is 16.3. The van der Waals surface area contributed by atoms with Crippen LogP contribution in [-0.4, -0.2) is 36.3 Å². The number of nitrogens with zero attached hydrogens (tertiary/aromatic N) is 1. The van der Waals surface area contributed by atoms with E-state index >= 15 is 0 Å². The van der Waals surface area contributed by atoms with Crippen LogP contribution >= 0.6 is 0 Å². The van der Waals surface area contributed by atoms with E-state index in [1.54, 1.807) is 0 Å². The lowest BCUT2D eigenvalue weighted by Crippen LogP contribution is -2.50. The molecule has 1 aromatic carbocycles. The Morgan fingerprint density at radius 3 is 1.80 bits per heavy atom. The van der Waals surface area contributed by atoms with Gasteiger partial charge in [0.2, 0.25) is 0 Å². The second kappa shape index (κ2) is 12.5. The van der Waals surface area contributed by atoms with E-state index in [0.717, 1.165) is 16.6 Å². The molecule has 2 atom stereocenters. The average Bonchev–Trinajstić information content (AvgIpc) is 2.62. The molecule has 1 rings (SSSR count). The van der Waals surface area contributed by atoms with Gasteiger partial charge in [-0.3, -0.25) is 0 Å². The van der Waals surface area contributed by atoms with Crippen LogP contribution in [-0.2, 0) is 0 Å². The third-order valence-corrected chi connectivity index (χ3v) is 5.79. The molecule has 1 N–H and O–H groups in total. The van der Waals surface area contributed by atoms with Crippen LogP contribution in [0.25, 0.3) is 0 Å². The van der Waals surface area contributed by atoms with E-state index in [2.05, 4.69) is 27.9 Å². The Morgan fingerprint density at radius 2 is 1.28 bits per heavy atom. The van der Waals surface area contributed by atoms with Crippen LogP contribution in [0.3, 0.4) is 0 Å². The number of unbranched alkanes of at least 4 members (excludes halogenated alkanes) is 9. The smallest absolute Gasteiger partial charge is 0.130 e. The molecule has 0 saturated carbocycles. The fourth-order valence-corrected chi connectivity index (χ4v) is 3.52. The van der Waals surface area contributed by atoms with Gasteiger partial charge in [-0.05, 0) is 25.3 Å². The molecule has 0 spiro atoms. The number of aliphatic hydroxyl groups excluding tert-OH is 1. The van der Waals surface area contributed by atoms with E-state index in [4.69, 9.17) is 0 Å². The first kappa shape index (κ1) is 22.2. The van der Waals surface area contributed by atoms with E-state index in [9.17, 15) is 5.11 Å². The minimum atomic E-state index is -0.390. The molecule has 1 aromatic rings. The third kappa shape index (κ3) is 8.87.